The van der Waals surface area contributed by atoms with Gasteiger partial charge in [0, 0.05) is 13.1 Å². The SMILES string of the molecule is C[C@@H](N)C(=O)N1CCn2cnnc2C1. The van der Waals surface area contributed by atoms with Crippen LogP contribution in [-0.2, 0) is 17.9 Å². The van der Waals surface area contributed by atoms with Crippen LogP contribution in [0.5, 0.6) is 0 Å². The number of fused-ring (bicyclic) bond motifs is 1. The standard InChI is InChI=1S/C8H13N5O/c1-6(9)8(14)12-2-3-13-5-10-11-7(13)4-12/h5-6H,2-4,9H2,1H3/t6-/m1/s1. The van der Waals surface area contributed by atoms with Crippen LogP contribution in [-0.4, -0.2) is 38.2 Å². The molecule has 1 atom stereocenters. The Morgan fingerprint density at radius 2 is 2.43 bits per heavy atom. The molecule has 2 heterocycles. The molecule has 1 aliphatic rings. The second-order valence-electron chi connectivity index (χ2n) is 3.49. The Balaban J connectivity index is 2.11. The molecular weight excluding hydrogens is 182 g/mol. The van der Waals surface area contributed by atoms with Crippen molar-refractivity contribution >= 4 is 5.91 Å². The molecule has 0 bridgehead atoms. The first-order valence-corrected chi connectivity index (χ1v) is 4.59. The van der Waals surface area contributed by atoms with Gasteiger partial charge in [-0.1, -0.05) is 0 Å². The van der Waals surface area contributed by atoms with Crippen molar-refractivity contribution in [3.05, 3.63) is 12.2 Å². The predicted octanol–water partition coefficient (Wildman–Crippen LogP) is -1.03. The zero-order chi connectivity index (χ0) is 10.1. The average Bonchev–Trinajstić information content (AvgIpc) is 2.62. The molecule has 1 aromatic rings. The van der Waals surface area contributed by atoms with Crippen molar-refractivity contribution < 1.29 is 4.79 Å². The average molecular weight is 195 g/mol. The van der Waals surface area contributed by atoms with Gasteiger partial charge in [-0.25, -0.2) is 0 Å². The van der Waals surface area contributed by atoms with E-state index < -0.39 is 6.04 Å². The Labute approximate surface area is 81.7 Å². The quantitative estimate of drug-likeness (QED) is 0.621. The molecule has 0 fully saturated rings. The summed E-state index contributed by atoms with van der Waals surface area (Å²) >= 11 is 0. The van der Waals surface area contributed by atoms with Gasteiger partial charge in [0.15, 0.2) is 5.82 Å². The summed E-state index contributed by atoms with van der Waals surface area (Å²) in [6.07, 6.45) is 1.68. The number of hydrogen-bond acceptors (Lipinski definition) is 4. The number of nitrogens with zero attached hydrogens (tertiary/aromatic N) is 4. The molecular formula is C8H13N5O. The fourth-order valence-corrected chi connectivity index (χ4v) is 1.54. The Bertz CT molecular complexity index is 345. The minimum atomic E-state index is -0.440. The fraction of sp³-hybridized carbons (Fsp3) is 0.625. The van der Waals surface area contributed by atoms with Gasteiger partial charge in [0.1, 0.15) is 6.33 Å². The van der Waals surface area contributed by atoms with E-state index in [0.29, 0.717) is 13.1 Å². The third-order valence-corrected chi connectivity index (χ3v) is 2.34. The Hall–Kier alpha value is -1.43. The molecule has 2 rings (SSSR count). The van der Waals surface area contributed by atoms with E-state index in [1.807, 2.05) is 4.57 Å². The molecule has 2 N–H and O–H groups in total. The molecule has 1 aromatic heterocycles. The van der Waals surface area contributed by atoms with Crippen LogP contribution in [0.4, 0.5) is 0 Å². The highest BCUT2D eigenvalue weighted by Gasteiger charge is 2.23. The largest absolute Gasteiger partial charge is 0.332 e. The van der Waals surface area contributed by atoms with Gasteiger partial charge in [-0.3, -0.25) is 4.79 Å². The maximum atomic E-state index is 11.6. The molecule has 0 saturated carbocycles. The third-order valence-electron chi connectivity index (χ3n) is 2.34. The van der Waals surface area contributed by atoms with E-state index >= 15 is 0 Å². The summed E-state index contributed by atoms with van der Waals surface area (Å²) in [5, 5.41) is 7.71. The van der Waals surface area contributed by atoms with E-state index in [-0.39, 0.29) is 5.91 Å². The molecule has 76 valence electrons. The van der Waals surface area contributed by atoms with Crippen molar-refractivity contribution in [1.82, 2.24) is 19.7 Å². The minimum absolute atomic E-state index is 0.0285. The van der Waals surface area contributed by atoms with Crippen LogP contribution in [0.2, 0.25) is 0 Å². The highest BCUT2D eigenvalue weighted by atomic mass is 16.2. The summed E-state index contributed by atoms with van der Waals surface area (Å²) in [6, 6.07) is -0.440. The highest BCUT2D eigenvalue weighted by Crippen LogP contribution is 2.09. The second kappa shape index (κ2) is 3.38. The molecule has 0 aliphatic carbocycles. The van der Waals surface area contributed by atoms with Gasteiger partial charge in [0.2, 0.25) is 5.91 Å². The lowest BCUT2D eigenvalue weighted by molar-refractivity contribution is -0.133. The molecule has 1 aliphatic heterocycles. The van der Waals surface area contributed by atoms with Gasteiger partial charge in [-0.05, 0) is 6.92 Å². The fourth-order valence-electron chi connectivity index (χ4n) is 1.54. The van der Waals surface area contributed by atoms with E-state index in [2.05, 4.69) is 10.2 Å². The lowest BCUT2D eigenvalue weighted by atomic mass is 10.2. The Kier molecular flexibility index (Phi) is 2.20. The molecule has 0 saturated heterocycles. The third kappa shape index (κ3) is 1.48. The van der Waals surface area contributed by atoms with Crippen LogP contribution in [0.25, 0.3) is 0 Å². The Morgan fingerprint density at radius 1 is 1.64 bits per heavy atom. The summed E-state index contributed by atoms with van der Waals surface area (Å²) in [5.74, 6) is 0.796. The van der Waals surface area contributed by atoms with Gasteiger partial charge >= 0.3 is 0 Å². The maximum absolute atomic E-state index is 11.6. The summed E-state index contributed by atoms with van der Waals surface area (Å²) in [6.45, 7) is 3.65. The molecule has 6 heteroatoms. The predicted molar refractivity (Wildman–Crippen MR) is 49.1 cm³/mol. The number of carbonyl (C=O) groups excluding carboxylic acids is 1. The number of aromatic nitrogens is 3. The van der Waals surface area contributed by atoms with Crippen LogP contribution in [0.15, 0.2) is 6.33 Å². The van der Waals surface area contributed by atoms with Crippen molar-refractivity contribution in [3.8, 4) is 0 Å². The van der Waals surface area contributed by atoms with Crippen LogP contribution >= 0.6 is 0 Å². The maximum Gasteiger partial charge on any atom is 0.239 e. The number of amides is 1. The smallest absolute Gasteiger partial charge is 0.239 e. The van der Waals surface area contributed by atoms with Gasteiger partial charge < -0.3 is 15.2 Å². The molecule has 6 nitrogen and oxygen atoms in total. The van der Waals surface area contributed by atoms with Crippen LogP contribution in [0, 0.1) is 0 Å². The normalized spacial score (nSPS) is 17.7. The van der Waals surface area contributed by atoms with Gasteiger partial charge in [-0.2, -0.15) is 0 Å². The van der Waals surface area contributed by atoms with Crippen molar-refractivity contribution in [3.63, 3.8) is 0 Å². The first kappa shape index (κ1) is 9.14. The van der Waals surface area contributed by atoms with E-state index in [4.69, 9.17) is 5.73 Å². The number of carbonyl (C=O) groups is 1. The molecule has 14 heavy (non-hydrogen) atoms. The number of nitrogens with two attached hydrogens (primary N) is 1. The molecule has 0 spiro atoms. The summed E-state index contributed by atoms with van der Waals surface area (Å²) in [5.41, 5.74) is 5.53. The molecule has 0 radical (unpaired) electrons. The van der Waals surface area contributed by atoms with Crippen LogP contribution in [0.3, 0.4) is 0 Å². The van der Waals surface area contributed by atoms with Gasteiger partial charge in [0.05, 0.1) is 12.6 Å². The van der Waals surface area contributed by atoms with Crippen molar-refractivity contribution in [2.24, 2.45) is 5.73 Å². The van der Waals surface area contributed by atoms with E-state index in [1.54, 1.807) is 18.2 Å². The first-order valence-electron chi connectivity index (χ1n) is 4.59. The number of rotatable bonds is 1. The van der Waals surface area contributed by atoms with Gasteiger partial charge in [0.25, 0.3) is 0 Å². The Morgan fingerprint density at radius 3 is 3.14 bits per heavy atom. The molecule has 0 unspecified atom stereocenters. The topological polar surface area (TPSA) is 77.0 Å². The summed E-state index contributed by atoms with van der Waals surface area (Å²) < 4.78 is 1.95. The van der Waals surface area contributed by atoms with E-state index in [1.165, 1.54) is 0 Å². The van der Waals surface area contributed by atoms with Gasteiger partial charge in [-0.15, -0.1) is 10.2 Å². The highest BCUT2D eigenvalue weighted by molar-refractivity contribution is 5.81. The minimum Gasteiger partial charge on any atom is -0.332 e. The van der Waals surface area contributed by atoms with Crippen molar-refractivity contribution in [2.45, 2.75) is 26.1 Å². The van der Waals surface area contributed by atoms with Crippen LogP contribution < -0.4 is 5.73 Å². The first-order chi connectivity index (χ1) is 6.68. The lowest BCUT2D eigenvalue weighted by Crippen LogP contribution is -2.45. The van der Waals surface area contributed by atoms with E-state index in [9.17, 15) is 4.79 Å². The van der Waals surface area contributed by atoms with E-state index in [0.717, 1.165) is 12.4 Å². The molecule has 0 aromatic carbocycles. The van der Waals surface area contributed by atoms with Crippen molar-refractivity contribution in [1.29, 1.82) is 0 Å². The monoisotopic (exact) mass is 195 g/mol. The van der Waals surface area contributed by atoms with Crippen LogP contribution in [0.1, 0.15) is 12.7 Å². The second-order valence-corrected chi connectivity index (χ2v) is 3.49. The summed E-state index contributed by atoms with van der Waals surface area (Å²) in [7, 11) is 0. The zero-order valence-electron chi connectivity index (χ0n) is 8.05. The van der Waals surface area contributed by atoms with Crippen molar-refractivity contribution in [2.75, 3.05) is 6.54 Å². The number of hydrogen-bond donors (Lipinski definition) is 1. The summed E-state index contributed by atoms with van der Waals surface area (Å²) in [4.78, 5) is 13.3. The molecule has 1 amide bonds. The zero-order valence-corrected chi connectivity index (χ0v) is 8.05. The lowest BCUT2D eigenvalue weighted by Gasteiger charge is -2.28.